The van der Waals surface area contributed by atoms with Crippen molar-refractivity contribution >= 4 is 17.8 Å². The third-order valence-electron chi connectivity index (χ3n) is 4.52. The van der Waals surface area contributed by atoms with Crippen LogP contribution in [0.3, 0.4) is 0 Å². The van der Waals surface area contributed by atoms with Crippen molar-refractivity contribution in [3.63, 3.8) is 0 Å². The third-order valence-corrected chi connectivity index (χ3v) is 4.52. The fraction of sp³-hybridized carbons (Fsp3) is 0.500. The molecule has 0 unspecified atom stereocenters. The topological polar surface area (TPSA) is 114 Å². The van der Waals surface area contributed by atoms with Crippen LogP contribution in [-0.4, -0.2) is 51.2 Å². The quantitative estimate of drug-likeness (QED) is 0.621. The molecule has 3 heterocycles. The van der Waals surface area contributed by atoms with Crippen LogP contribution < -0.4 is 16.0 Å². The van der Waals surface area contributed by atoms with Gasteiger partial charge in [0, 0.05) is 38.3 Å². The number of anilines is 1. The van der Waals surface area contributed by atoms with Gasteiger partial charge in [0.1, 0.15) is 0 Å². The van der Waals surface area contributed by atoms with E-state index in [1.807, 2.05) is 0 Å². The number of amides is 2. The van der Waals surface area contributed by atoms with Crippen molar-refractivity contribution in [1.29, 1.82) is 0 Å². The fourth-order valence-electron chi connectivity index (χ4n) is 3.00. The molecule has 0 bridgehead atoms. The van der Waals surface area contributed by atoms with E-state index >= 15 is 0 Å². The van der Waals surface area contributed by atoms with Gasteiger partial charge in [0.05, 0.1) is 5.56 Å². The van der Waals surface area contributed by atoms with Crippen molar-refractivity contribution in [2.75, 3.05) is 25.0 Å². The molecule has 3 rings (SSSR count). The third kappa shape index (κ3) is 5.33. The van der Waals surface area contributed by atoms with E-state index in [9.17, 15) is 9.59 Å². The first-order valence-corrected chi connectivity index (χ1v) is 9.23. The zero-order valence-corrected chi connectivity index (χ0v) is 15.4. The number of nitrogens with zero attached hydrogens (tertiary/aromatic N) is 4. The molecule has 1 aliphatic heterocycles. The standard InChI is InChI=1S/C18H25N7O2/c1-25-18(23-16(24-25)13-6-10-19-11-7-13)22-15(26)5-3-9-21-17(27)14-4-2-8-20-12-14/h2,4,8,12-13,19H,3,5-7,9-11H2,1H3,(H,21,27)(H,22,23,24,26). The molecule has 1 aliphatic rings. The van der Waals surface area contributed by atoms with Crippen LogP contribution in [0.5, 0.6) is 0 Å². The predicted molar refractivity (Wildman–Crippen MR) is 100 cm³/mol. The van der Waals surface area contributed by atoms with Crippen LogP contribution in [0.25, 0.3) is 0 Å². The van der Waals surface area contributed by atoms with Gasteiger partial charge in [0.25, 0.3) is 5.91 Å². The van der Waals surface area contributed by atoms with E-state index in [0.29, 0.717) is 36.8 Å². The van der Waals surface area contributed by atoms with Crippen LogP contribution in [0.15, 0.2) is 24.5 Å². The van der Waals surface area contributed by atoms with Crippen LogP contribution in [0, 0.1) is 0 Å². The molecule has 0 aliphatic carbocycles. The molecule has 1 saturated heterocycles. The Bertz CT molecular complexity index is 769. The van der Waals surface area contributed by atoms with E-state index in [-0.39, 0.29) is 11.8 Å². The minimum atomic E-state index is -0.191. The number of aromatic nitrogens is 4. The van der Waals surface area contributed by atoms with Crippen LogP contribution in [0.4, 0.5) is 5.95 Å². The van der Waals surface area contributed by atoms with Crippen LogP contribution in [0.2, 0.25) is 0 Å². The lowest BCUT2D eigenvalue weighted by Gasteiger charge is -2.19. The highest BCUT2D eigenvalue weighted by atomic mass is 16.2. The summed E-state index contributed by atoms with van der Waals surface area (Å²) in [5, 5.41) is 13.3. The molecule has 27 heavy (non-hydrogen) atoms. The maximum Gasteiger partial charge on any atom is 0.252 e. The number of nitrogens with one attached hydrogen (secondary N) is 3. The Hall–Kier alpha value is -2.81. The SMILES string of the molecule is Cn1nc(C2CCNCC2)nc1NC(=O)CCCNC(=O)c1cccnc1. The van der Waals surface area contributed by atoms with Gasteiger partial charge in [-0.1, -0.05) is 0 Å². The Morgan fingerprint density at radius 1 is 1.33 bits per heavy atom. The lowest BCUT2D eigenvalue weighted by molar-refractivity contribution is -0.116. The largest absolute Gasteiger partial charge is 0.352 e. The predicted octanol–water partition coefficient (Wildman–Crippen LogP) is 0.826. The highest BCUT2D eigenvalue weighted by molar-refractivity contribution is 5.93. The Morgan fingerprint density at radius 2 is 2.15 bits per heavy atom. The Kier molecular flexibility index (Phi) is 6.48. The van der Waals surface area contributed by atoms with Crippen molar-refractivity contribution in [3.05, 3.63) is 35.9 Å². The normalized spacial score (nSPS) is 14.7. The van der Waals surface area contributed by atoms with Gasteiger partial charge in [-0.3, -0.25) is 19.9 Å². The summed E-state index contributed by atoms with van der Waals surface area (Å²) in [6, 6.07) is 3.41. The molecule has 2 amide bonds. The molecule has 9 nitrogen and oxygen atoms in total. The van der Waals surface area contributed by atoms with E-state index in [0.717, 1.165) is 31.8 Å². The number of carbonyl (C=O) groups is 2. The van der Waals surface area contributed by atoms with E-state index in [1.165, 1.54) is 6.20 Å². The van der Waals surface area contributed by atoms with Crippen molar-refractivity contribution in [2.24, 2.45) is 7.05 Å². The molecule has 1 fully saturated rings. The maximum atomic E-state index is 12.1. The number of piperidine rings is 1. The molecule has 0 spiro atoms. The van der Waals surface area contributed by atoms with Gasteiger partial charge in [0.15, 0.2) is 5.82 Å². The highest BCUT2D eigenvalue weighted by Crippen LogP contribution is 2.23. The zero-order valence-electron chi connectivity index (χ0n) is 15.4. The van der Waals surface area contributed by atoms with Crippen molar-refractivity contribution < 1.29 is 9.59 Å². The summed E-state index contributed by atoms with van der Waals surface area (Å²) in [5.74, 6) is 1.26. The van der Waals surface area contributed by atoms with Gasteiger partial charge in [-0.2, -0.15) is 10.1 Å². The number of rotatable bonds is 7. The van der Waals surface area contributed by atoms with Gasteiger partial charge in [-0.05, 0) is 44.5 Å². The van der Waals surface area contributed by atoms with Gasteiger partial charge < -0.3 is 10.6 Å². The average Bonchev–Trinajstić information content (AvgIpc) is 3.07. The molecule has 0 radical (unpaired) electrons. The lowest BCUT2D eigenvalue weighted by atomic mass is 9.98. The summed E-state index contributed by atoms with van der Waals surface area (Å²) in [4.78, 5) is 32.4. The second kappa shape index (κ2) is 9.22. The van der Waals surface area contributed by atoms with Gasteiger partial charge in [-0.25, -0.2) is 4.68 Å². The average molecular weight is 371 g/mol. The van der Waals surface area contributed by atoms with Crippen molar-refractivity contribution in [3.8, 4) is 0 Å². The van der Waals surface area contributed by atoms with Crippen LogP contribution >= 0.6 is 0 Å². The summed E-state index contributed by atoms with van der Waals surface area (Å²) >= 11 is 0. The number of hydrogen-bond acceptors (Lipinski definition) is 6. The Balaban J connectivity index is 1.41. The van der Waals surface area contributed by atoms with Gasteiger partial charge in [0.2, 0.25) is 11.9 Å². The first kappa shape index (κ1) is 19.0. The van der Waals surface area contributed by atoms with E-state index in [1.54, 1.807) is 30.1 Å². The first-order chi connectivity index (χ1) is 13.1. The summed E-state index contributed by atoms with van der Waals surface area (Å²) in [7, 11) is 1.78. The molecule has 0 aromatic carbocycles. The van der Waals surface area contributed by atoms with Crippen molar-refractivity contribution in [2.45, 2.75) is 31.6 Å². The van der Waals surface area contributed by atoms with E-state index < -0.39 is 0 Å². The van der Waals surface area contributed by atoms with E-state index in [2.05, 4.69) is 31.0 Å². The minimum absolute atomic E-state index is 0.141. The Morgan fingerprint density at radius 3 is 2.89 bits per heavy atom. The smallest absolute Gasteiger partial charge is 0.252 e. The van der Waals surface area contributed by atoms with E-state index in [4.69, 9.17) is 0 Å². The number of carbonyl (C=O) groups excluding carboxylic acids is 2. The summed E-state index contributed by atoms with van der Waals surface area (Å²) < 4.78 is 1.61. The van der Waals surface area contributed by atoms with Gasteiger partial charge >= 0.3 is 0 Å². The van der Waals surface area contributed by atoms with Crippen LogP contribution in [-0.2, 0) is 11.8 Å². The molecule has 2 aromatic rings. The number of aryl methyl sites for hydroxylation is 1. The molecule has 9 heteroatoms. The lowest BCUT2D eigenvalue weighted by Crippen LogP contribution is -2.27. The van der Waals surface area contributed by atoms with Gasteiger partial charge in [-0.15, -0.1) is 0 Å². The van der Waals surface area contributed by atoms with Crippen molar-refractivity contribution in [1.82, 2.24) is 30.4 Å². The number of hydrogen-bond donors (Lipinski definition) is 3. The summed E-state index contributed by atoms with van der Waals surface area (Å²) in [6.07, 6.45) is 5.97. The monoisotopic (exact) mass is 371 g/mol. The number of pyridine rings is 1. The summed E-state index contributed by atoms with van der Waals surface area (Å²) in [5.41, 5.74) is 0.506. The maximum absolute atomic E-state index is 12.1. The molecule has 2 aromatic heterocycles. The minimum Gasteiger partial charge on any atom is -0.352 e. The molecule has 0 saturated carbocycles. The molecule has 0 atom stereocenters. The molecule has 3 N–H and O–H groups in total. The first-order valence-electron chi connectivity index (χ1n) is 9.23. The zero-order chi connectivity index (χ0) is 19.1. The summed E-state index contributed by atoms with van der Waals surface area (Å²) in [6.45, 7) is 2.35. The van der Waals surface area contributed by atoms with Crippen LogP contribution in [0.1, 0.15) is 47.8 Å². The second-order valence-corrected chi connectivity index (χ2v) is 6.59. The highest BCUT2D eigenvalue weighted by Gasteiger charge is 2.21. The Labute approximate surface area is 158 Å². The second-order valence-electron chi connectivity index (χ2n) is 6.59. The fourth-order valence-corrected chi connectivity index (χ4v) is 3.00. The molecular weight excluding hydrogens is 346 g/mol. The molecular formula is C18H25N7O2. The molecule has 144 valence electrons.